The Labute approximate surface area is 83.5 Å². The highest BCUT2D eigenvalue weighted by Gasteiger charge is 2.26. The van der Waals surface area contributed by atoms with Gasteiger partial charge in [0.15, 0.2) is 0 Å². The summed E-state index contributed by atoms with van der Waals surface area (Å²) in [5.74, 6) is 0.934. The van der Waals surface area contributed by atoms with Gasteiger partial charge in [0.1, 0.15) is 0 Å². The van der Waals surface area contributed by atoms with Crippen LogP contribution in [0.2, 0.25) is 0 Å². The van der Waals surface area contributed by atoms with Gasteiger partial charge < -0.3 is 4.90 Å². The lowest BCUT2D eigenvalue weighted by Crippen LogP contribution is -2.25. The van der Waals surface area contributed by atoms with E-state index in [-0.39, 0.29) is 0 Å². The highest BCUT2D eigenvalue weighted by atomic mass is 15.1. The molecule has 1 fully saturated rings. The Kier molecular flexibility index (Phi) is 3.78. The molecule has 0 aromatic heterocycles. The van der Waals surface area contributed by atoms with Crippen LogP contribution in [0.5, 0.6) is 0 Å². The maximum Gasteiger partial charge on any atom is -0.00160 e. The van der Waals surface area contributed by atoms with Crippen molar-refractivity contribution in [2.24, 2.45) is 11.3 Å². The van der Waals surface area contributed by atoms with E-state index in [4.69, 9.17) is 0 Å². The van der Waals surface area contributed by atoms with E-state index >= 15 is 0 Å². The van der Waals surface area contributed by atoms with Crippen molar-refractivity contribution in [2.45, 2.75) is 47.0 Å². The maximum atomic E-state index is 2.59. The Bertz CT molecular complexity index is 146. The molecule has 1 nitrogen and oxygen atoms in total. The molecule has 1 rings (SSSR count). The van der Waals surface area contributed by atoms with Gasteiger partial charge in [0, 0.05) is 0 Å². The highest BCUT2D eigenvalue weighted by Crippen LogP contribution is 2.34. The molecule has 13 heavy (non-hydrogen) atoms. The molecule has 1 aliphatic heterocycles. The Morgan fingerprint density at radius 1 is 1.15 bits per heavy atom. The van der Waals surface area contributed by atoms with E-state index in [2.05, 4.69) is 32.6 Å². The quantitative estimate of drug-likeness (QED) is 0.603. The van der Waals surface area contributed by atoms with Crippen LogP contribution in [0.25, 0.3) is 0 Å². The number of nitrogens with zero attached hydrogens (tertiary/aromatic N) is 1. The predicted octanol–water partition coefficient (Wildman–Crippen LogP) is 3.15. The summed E-state index contributed by atoms with van der Waals surface area (Å²) in [6.07, 6.45) is 4.23. The fourth-order valence-electron chi connectivity index (χ4n) is 2.34. The lowest BCUT2D eigenvalue weighted by Gasteiger charge is -2.29. The van der Waals surface area contributed by atoms with Gasteiger partial charge in [0.25, 0.3) is 0 Å². The number of hydrogen-bond donors (Lipinski definition) is 0. The van der Waals surface area contributed by atoms with Crippen molar-refractivity contribution in [1.82, 2.24) is 4.90 Å². The average Bonchev–Trinajstić information content (AvgIpc) is 2.26. The summed E-state index contributed by atoms with van der Waals surface area (Å²) in [5.41, 5.74) is 0.518. The zero-order valence-corrected chi connectivity index (χ0v) is 9.77. The van der Waals surface area contributed by atoms with Crippen LogP contribution in [0.15, 0.2) is 0 Å². The summed E-state index contributed by atoms with van der Waals surface area (Å²) in [4.78, 5) is 2.59. The summed E-state index contributed by atoms with van der Waals surface area (Å²) in [7, 11) is 0. The van der Waals surface area contributed by atoms with Crippen LogP contribution < -0.4 is 0 Å². The largest absolute Gasteiger partial charge is 0.304 e. The Morgan fingerprint density at radius 2 is 1.85 bits per heavy atom. The van der Waals surface area contributed by atoms with Crippen LogP contribution >= 0.6 is 0 Å². The molecule has 1 aliphatic rings. The topological polar surface area (TPSA) is 3.24 Å². The Hall–Kier alpha value is -0.0400. The van der Waals surface area contributed by atoms with E-state index in [9.17, 15) is 0 Å². The second-order valence-electron chi connectivity index (χ2n) is 5.43. The number of rotatable bonds is 1. The minimum atomic E-state index is 0.518. The molecular weight excluding hydrogens is 158 g/mol. The lowest BCUT2D eigenvalue weighted by atomic mass is 9.77. The summed E-state index contributed by atoms with van der Waals surface area (Å²) >= 11 is 0. The SMILES string of the molecule is CCN1CCC[C@@H](C(C)(C)C)CC1. The van der Waals surface area contributed by atoms with Crippen LogP contribution in [0.1, 0.15) is 47.0 Å². The fraction of sp³-hybridized carbons (Fsp3) is 1.00. The molecule has 0 N–H and O–H groups in total. The zero-order valence-electron chi connectivity index (χ0n) is 9.77. The first-order chi connectivity index (χ1) is 6.04. The van der Waals surface area contributed by atoms with Gasteiger partial charge in [-0.3, -0.25) is 0 Å². The van der Waals surface area contributed by atoms with E-state index in [0.717, 1.165) is 5.92 Å². The van der Waals surface area contributed by atoms with E-state index in [1.165, 1.54) is 38.9 Å². The second-order valence-corrected chi connectivity index (χ2v) is 5.43. The third-order valence-electron chi connectivity index (χ3n) is 3.49. The predicted molar refractivity (Wildman–Crippen MR) is 58.9 cm³/mol. The van der Waals surface area contributed by atoms with E-state index < -0.39 is 0 Å². The van der Waals surface area contributed by atoms with Crippen LogP contribution in [0, 0.1) is 11.3 Å². The van der Waals surface area contributed by atoms with Gasteiger partial charge in [-0.2, -0.15) is 0 Å². The molecular formula is C12H25N. The highest BCUT2D eigenvalue weighted by molar-refractivity contribution is 4.78. The van der Waals surface area contributed by atoms with Gasteiger partial charge in [-0.15, -0.1) is 0 Å². The van der Waals surface area contributed by atoms with Crippen LogP contribution in [0.4, 0.5) is 0 Å². The van der Waals surface area contributed by atoms with Crippen LogP contribution in [-0.2, 0) is 0 Å². The van der Waals surface area contributed by atoms with Gasteiger partial charge in [-0.1, -0.05) is 27.7 Å². The standard InChI is InChI=1S/C12H25N/c1-5-13-9-6-7-11(8-10-13)12(2,3)4/h11H,5-10H2,1-4H3/t11-/m1/s1. The normalized spacial score (nSPS) is 27.2. The zero-order chi connectivity index (χ0) is 9.90. The summed E-state index contributed by atoms with van der Waals surface area (Å²) in [6.45, 7) is 13.3. The van der Waals surface area contributed by atoms with Gasteiger partial charge in [-0.05, 0) is 50.2 Å². The molecule has 0 spiro atoms. The van der Waals surface area contributed by atoms with Crippen molar-refractivity contribution in [3.05, 3.63) is 0 Å². The van der Waals surface area contributed by atoms with Crippen molar-refractivity contribution in [2.75, 3.05) is 19.6 Å². The molecule has 78 valence electrons. The molecule has 0 bridgehead atoms. The lowest BCUT2D eigenvalue weighted by molar-refractivity contribution is 0.210. The molecule has 1 heteroatoms. The maximum absolute atomic E-state index is 2.59. The van der Waals surface area contributed by atoms with Crippen LogP contribution in [-0.4, -0.2) is 24.5 Å². The van der Waals surface area contributed by atoms with Gasteiger partial charge >= 0.3 is 0 Å². The molecule has 1 heterocycles. The number of hydrogen-bond acceptors (Lipinski definition) is 1. The van der Waals surface area contributed by atoms with E-state index in [0.29, 0.717) is 5.41 Å². The van der Waals surface area contributed by atoms with Gasteiger partial charge in [0.2, 0.25) is 0 Å². The average molecular weight is 183 g/mol. The summed E-state index contributed by atoms with van der Waals surface area (Å²) in [6, 6.07) is 0. The molecule has 0 radical (unpaired) electrons. The molecule has 0 saturated carbocycles. The molecule has 0 aromatic rings. The minimum Gasteiger partial charge on any atom is -0.304 e. The van der Waals surface area contributed by atoms with Crippen LogP contribution in [0.3, 0.4) is 0 Å². The van der Waals surface area contributed by atoms with Crippen molar-refractivity contribution in [3.63, 3.8) is 0 Å². The molecule has 0 aromatic carbocycles. The van der Waals surface area contributed by atoms with Gasteiger partial charge in [-0.25, -0.2) is 0 Å². The molecule has 0 unspecified atom stereocenters. The second kappa shape index (κ2) is 4.45. The molecule has 1 atom stereocenters. The van der Waals surface area contributed by atoms with Gasteiger partial charge in [0.05, 0.1) is 0 Å². The third-order valence-corrected chi connectivity index (χ3v) is 3.49. The van der Waals surface area contributed by atoms with E-state index in [1.807, 2.05) is 0 Å². The van der Waals surface area contributed by atoms with Crippen molar-refractivity contribution in [3.8, 4) is 0 Å². The summed E-state index contributed by atoms with van der Waals surface area (Å²) < 4.78 is 0. The minimum absolute atomic E-state index is 0.518. The first kappa shape index (κ1) is 11.0. The number of likely N-dealkylation sites (tertiary alicyclic amines) is 1. The monoisotopic (exact) mass is 183 g/mol. The van der Waals surface area contributed by atoms with Crippen molar-refractivity contribution in [1.29, 1.82) is 0 Å². The van der Waals surface area contributed by atoms with E-state index in [1.54, 1.807) is 0 Å². The summed E-state index contributed by atoms with van der Waals surface area (Å²) in [5, 5.41) is 0. The first-order valence-electron chi connectivity index (χ1n) is 5.76. The Balaban J connectivity index is 2.45. The molecule has 0 aliphatic carbocycles. The fourth-order valence-corrected chi connectivity index (χ4v) is 2.34. The Morgan fingerprint density at radius 3 is 2.38 bits per heavy atom. The molecule has 1 saturated heterocycles. The molecule has 0 amide bonds. The van der Waals surface area contributed by atoms with Crippen molar-refractivity contribution < 1.29 is 0 Å². The smallest absolute Gasteiger partial charge is 0.00160 e. The van der Waals surface area contributed by atoms with Crippen molar-refractivity contribution >= 4 is 0 Å². The first-order valence-corrected chi connectivity index (χ1v) is 5.76. The third kappa shape index (κ3) is 3.30.